The predicted octanol–water partition coefficient (Wildman–Crippen LogP) is 0.873. The van der Waals surface area contributed by atoms with E-state index in [1.165, 1.54) is 48.8 Å². The van der Waals surface area contributed by atoms with E-state index < -0.39 is 140 Å². The molecule has 0 radical (unpaired) electrons. The van der Waals surface area contributed by atoms with Crippen LogP contribution in [0.3, 0.4) is 0 Å². The molecule has 4 aromatic rings. The van der Waals surface area contributed by atoms with Crippen LogP contribution in [0.2, 0.25) is 0 Å². The molecule has 0 aliphatic heterocycles. The second-order valence-corrected chi connectivity index (χ2v) is 17.2. The van der Waals surface area contributed by atoms with E-state index in [2.05, 4.69) is 36.9 Å². The number of carbonyl (C=O) groups is 12. The number of hydrogen-bond acceptors (Lipinski definition) is 13. The van der Waals surface area contributed by atoms with Gasteiger partial charge in [-0.1, -0.05) is 54.6 Å². The molecule has 76 heavy (non-hydrogen) atoms. The zero-order valence-electron chi connectivity index (χ0n) is 40.4. The number of nitrogens with one attached hydrogen (secondary N) is 7. The molecule has 26 nitrogen and oxygen atoms in total. The van der Waals surface area contributed by atoms with Gasteiger partial charge in [-0.2, -0.15) is 0 Å². The third kappa shape index (κ3) is 19.5. The SMILES string of the molecule is O=C(O)CCC(NC(=O)NC(CCCCNC(=O)C(Cc1ccc2ccccc2c1)NC(=O)c1ccc(CNC(=O)C(CC(C(=O)O)C(=O)O)NC(=O)CCC(NC(=O)c2cccnc2)C(=O)O)cc1)C(=O)O)C(=O)O. The molecular weight excluding hydrogens is 1000 g/mol. The average molecular weight is 1060 g/mol. The Labute approximate surface area is 432 Å². The van der Waals surface area contributed by atoms with E-state index in [0.29, 0.717) is 11.1 Å². The van der Waals surface area contributed by atoms with Gasteiger partial charge in [0.05, 0.1) is 5.56 Å². The maximum atomic E-state index is 13.7. The van der Waals surface area contributed by atoms with Crippen molar-refractivity contribution >= 4 is 82.2 Å². The van der Waals surface area contributed by atoms with Crippen molar-refractivity contribution in [1.82, 2.24) is 42.2 Å². The summed E-state index contributed by atoms with van der Waals surface area (Å²) in [7, 11) is 0. The smallest absolute Gasteiger partial charge is 0.326 e. The fourth-order valence-corrected chi connectivity index (χ4v) is 7.40. The van der Waals surface area contributed by atoms with Gasteiger partial charge in [0, 0.05) is 56.7 Å². The molecular formula is C50H56N8O18. The van der Waals surface area contributed by atoms with Gasteiger partial charge in [-0.25, -0.2) is 19.2 Å². The molecule has 5 unspecified atom stereocenters. The molecule has 0 saturated heterocycles. The summed E-state index contributed by atoms with van der Waals surface area (Å²) >= 11 is 0. The maximum Gasteiger partial charge on any atom is 0.326 e. The number of aromatic nitrogens is 1. The summed E-state index contributed by atoms with van der Waals surface area (Å²) in [4.78, 5) is 152. The van der Waals surface area contributed by atoms with Gasteiger partial charge >= 0.3 is 41.8 Å². The molecule has 0 bridgehead atoms. The molecule has 1 aromatic heterocycles. The van der Waals surface area contributed by atoms with E-state index in [9.17, 15) is 83.1 Å². The van der Waals surface area contributed by atoms with Crippen LogP contribution in [-0.2, 0) is 56.1 Å². The summed E-state index contributed by atoms with van der Waals surface area (Å²) in [6, 6.07) is 12.8. The Morgan fingerprint density at radius 3 is 1.66 bits per heavy atom. The van der Waals surface area contributed by atoms with Crippen LogP contribution in [0.15, 0.2) is 91.3 Å². The monoisotopic (exact) mass is 1060 g/mol. The molecule has 3 aromatic carbocycles. The second kappa shape index (κ2) is 29.3. The summed E-state index contributed by atoms with van der Waals surface area (Å²) in [5.41, 5.74) is 1.18. The quantitative estimate of drug-likeness (QED) is 0.0246. The fraction of sp³-hybridized carbons (Fsp3) is 0.340. The first-order valence-corrected chi connectivity index (χ1v) is 23.5. The summed E-state index contributed by atoms with van der Waals surface area (Å²) in [6.45, 7) is -0.267. The molecule has 7 amide bonds. The minimum absolute atomic E-state index is 0.00817. The van der Waals surface area contributed by atoms with Crippen molar-refractivity contribution in [2.45, 2.75) is 94.5 Å². The Hall–Kier alpha value is -9.49. The van der Waals surface area contributed by atoms with E-state index >= 15 is 0 Å². The highest BCUT2D eigenvalue weighted by Crippen LogP contribution is 2.18. The third-order valence-corrected chi connectivity index (χ3v) is 11.5. The zero-order chi connectivity index (χ0) is 55.9. The van der Waals surface area contributed by atoms with Crippen molar-refractivity contribution in [1.29, 1.82) is 0 Å². The van der Waals surface area contributed by atoms with Crippen molar-refractivity contribution in [3.63, 3.8) is 0 Å². The molecule has 1 heterocycles. The Morgan fingerprint density at radius 1 is 0.487 bits per heavy atom. The minimum Gasteiger partial charge on any atom is -0.481 e. The first kappa shape index (κ1) is 59.1. The molecule has 0 spiro atoms. The largest absolute Gasteiger partial charge is 0.481 e. The van der Waals surface area contributed by atoms with E-state index in [1.54, 1.807) is 6.07 Å². The van der Waals surface area contributed by atoms with Crippen LogP contribution in [0.1, 0.15) is 83.2 Å². The topological polar surface area (TPSA) is 423 Å². The van der Waals surface area contributed by atoms with Crippen LogP contribution >= 0.6 is 0 Å². The number of aliphatic carboxylic acids is 6. The minimum atomic E-state index is -2.14. The number of carboxylic acid groups (broad SMARTS) is 6. The van der Waals surface area contributed by atoms with Crippen molar-refractivity contribution in [3.05, 3.63) is 114 Å². The lowest BCUT2D eigenvalue weighted by atomic mass is 9.98. The van der Waals surface area contributed by atoms with Crippen LogP contribution < -0.4 is 37.2 Å². The first-order valence-electron chi connectivity index (χ1n) is 23.5. The van der Waals surface area contributed by atoms with Gasteiger partial charge in [-0.3, -0.25) is 43.3 Å². The Bertz CT molecular complexity index is 2760. The summed E-state index contributed by atoms with van der Waals surface area (Å²) < 4.78 is 0. The van der Waals surface area contributed by atoms with Gasteiger partial charge in [0.15, 0.2) is 5.92 Å². The highest BCUT2D eigenvalue weighted by molar-refractivity contribution is 5.99. The highest BCUT2D eigenvalue weighted by atomic mass is 16.4. The van der Waals surface area contributed by atoms with Crippen molar-refractivity contribution in [3.8, 4) is 0 Å². The molecule has 404 valence electrons. The lowest BCUT2D eigenvalue weighted by molar-refractivity contribution is -0.156. The molecule has 0 fully saturated rings. The first-order chi connectivity index (χ1) is 36.1. The number of fused-ring (bicyclic) bond motifs is 1. The number of carboxylic acids is 6. The van der Waals surface area contributed by atoms with Crippen LogP contribution in [-0.4, -0.2) is 144 Å². The number of urea groups is 1. The molecule has 0 aliphatic carbocycles. The van der Waals surface area contributed by atoms with Gasteiger partial charge < -0.3 is 67.9 Å². The highest BCUT2D eigenvalue weighted by Gasteiger charge is 2.34. The average Bonchev–Trinajstić information content (AvgIpc) is 3.38. The number of amides is 7. The molecule has 4 rings (SSSR count). The fourth-order valence-electron chi connectivity index (χ4n) is 7.40. The van der Waals surface area contributed by atoms with Gasteiger partial charge in [0.25, 0.3) is 11.8 Å². The number of unbranched alkanes of at least 4 members (excludes halogenated alkanes) is 1. The normalized spacial score (nSPS) is 12.8. The number of rotatable bonds is 31. The Balaban J connectivity index is 1.38. The Kier molecular flexibility index (Phi) is 22.8. The van der Waals surface area contributed by atoms with Gasteiger partial charge in [0.2, 0.25) is 17.7 Å². The number of carbonyl (C=O) groups excluding carboxylic acids is 6. The standard InChI is InChI=1S/C50H56N8O18/c59-39(18-16-35(48(72)73)55-42(63)32-8-5-20-51-26-32)54-38(24-33(45(66)67)46(68)69)44(65)53-25-27-10-14-30(15-11-27)41(62)56-37(23-28-12-13-29-6-1-2-7-31(29)22-28)43(64)52-21-4-3-9-34(47(70)71)57-50(76)58-36(49(74)75)17-19-40(60)61/h1-2,5-8,10-15,20,22,26,33-38H,3-4,9,16-19,21,23-25H2,(H,52,64)(H,53,65)(H,54,59)(H,55,63)(H,56,62)(H,60,61)(H,66,67)(H,68,69)(H,70,71)(H,72,73)(H,74,75)(H2,57,58,76). The number of benzene rings is 3. The van der Waals surface area contributed by atoms with Gasteiger partial charge in [-0.15, -0.1) is 0 Å². The zero-order valence-corrected chi connectivity index (χ0v) is 40.4. The summed E-state index contributed by atoms with van der Waals surface area (Å²) in [5.74, 6) is -15.5. The van der Waals surface area contributed by atoms with Crippen molar-refractivity contribution in [2.75, 3.05) is 6.54 Å². The van der Waals surface area contributed by atoms with E-state index in [-0.39, 0.29) is 49.9 Å². The Morgan fingerprint density at radius 2 is 1.05 bits per heavy atom. The van der Waals surface area contributed by atoms with Crippen LogP contribution in [0.4, 0.5) is 4.79 Å². The predicted molar refractivity (Wildman–Crippen MR) is 263 cm³/mol. The lowest BCUT2D eigenvalue weighted by Gasteiger charge is -2.21. The lowest BCUT2D eigenvalue weighted by Crippen LogP contribution is -2.51. The number of pyridine rings is 1. The van der Waals surface area contributed by atoms with Crippen LogP contribution in [0.25, 0.3) is 10.8 Å². The van der Waals surface area contributed by atoms with Crippen LogP contribution in [0, 0.1) is 5.92 Å². The maximum absolute atomic E-state index is 13.7. The number of nitrogens with zero attached hydrogens (tertiary/aromatic N) is 1. The molecule has 0 aliphatic rings. The molecule has 26 heteroatoms. The molecule has 5 atom stereocenters. The van der Waals surface area contributed by atoms with Crippen LogP contribution in [0.5, 0.6) is 0 Å². The second-order valence-electron chi connectivity index (χ2n) is 17.2. The van der Waals surface area contributed by atoms with Crippen molar-refractivity contribution < 1.29 is 88.2 Å². The summed E-state index contributed by atoms with van der Waals surface area (Å²) in [6.07, 6.45) is -0.139. The van der Waals surface area contributed by atoms with E-state index in [4.69, 9.17) is 5.11 Å². The van der Waals surface area contributed by atoms with E-state index in [1.807, 2.05) is 41.7 Å². The van der Waals surface area contributed by atoms with Gasteiger partial charge in [-0.05, 0) is 78.3 Å². The molecule has 13 N–H and O–H groups in total. The van der Waals surface area contributed by atoms with Crippen molar-refractivity contribution in [2.24, 2.45) is 5.92 Å². The third-order valence-electron chi connectivity index (χ3n) is 11.5. The van der Waals surface area contributed by atoms with Gasteiger partial charge in [0.1, 0.15) is 30.2 Å². The number of hydrogen-bond donors (Lipinski definition) is 13. The summed E-state index contributed by atoms with van der Waals surface area (Å²) in [5, 5.41) is 74.9. The molecule has 0 saturated carbocycles. The van der Waals surface area contributed by atoms with E-state index in [0.717, 1.165) is 10.8 Å².